The number of piperidine rings is 2. The summed E-state index contributed by atoms with van der Waals surface area (Å²) in [7, 11) is 0. The van der Waals surface area contributed by atoms with Crippen LogP contribution in [0.15, 0.2) is 73.1 Å². The van der Waals surface area contributed by atoms with Gasteiger partial charge in [0.25, 0.3) is 0 Å². The summed E-state index contributed by atoms with van der Waals surface area (Å²) in [5.74, 6) is 3.89. The highest BCUT2D eigenvalue weighted by Crippen LogP contribution is 2.37. The molecule has 7 rings (SSSR count). The Morgan fingerprint density at radius 2 is 1.07 bits per heavy atom. The second-order valence-corrected chi connectivity index (χ2v) is 17.2. The van der Waals surface area contributed by atoms with Gasteiger partial charge in [-0.3, -0.25) is 29.8 Å². The van der Waals surface area contributed by atoms with Crippen molar-refractivity contribution in [3.8, 4) is 23.0 Å². The number of hydrazine groups is 1. The summed E-state index contributed by atoms with van der Waals surface area (Å²) in [6.07, 6.45) is 13.2. The Morgan fingerprint density at radius 3 is 1.53 bits per heavy atom. The number of rotatable bonds is 18. The van der Waals surface area contributed by atoms with Crippen LogP contribution in [-0.4, -0.2) is 84.0 Å². The van der Waals surface area contributed by atoms with Crippen molar-refractivity contribution in [1.29, 1.82) is 0 Å². The molecule has 3 fully saturated rings. The lowest BCUT2D eigenvalue weighted by atomic mass is 10.00. The molecule has 1 saturated carbocycles. The molecular formula is C49H68N6O4. The van der Waals surface area contributed by atoms with E-state index in [1.54, 1.807) is 0 Å². The lowest BCUT2D eigenvalue weighted by Gasteiger charge is -2.51. The molecule has 0 unspecified atom stereocenters. The molecule has 0 bridgehead atoms. The lowest BCUT2D eigenvalue weighted by molar-refractivity contribution is 0.183. The zero-order chi connectivity index (χ0) is 41.1. The maximum absolute atomic E-state index is 6.40. The normalized spacial score (nSPS) is 17.3. The summed E-state index contributed by atoms with van der Waals surface area (Å²) < 4.78 is 24.7. The Labute approximate surface area is 353 Å². The Kier molecular flexibility index (Phi) is 14.9. The molecule has 2 aromatic carbocycles. The molecule has 0 N–H and O–H groups in total. The molecule has 0 atom stereocenters. The van der Waals surface area contributed by atoms with E-state index in [2.05, 4.69) is 125 Å². The van der Waals surface area contributed by atoms with E-state index in [9.17, 15) is 0 Å². The fourth-order valence-corrected chi connectivity index (χ4v) is 9.03. The molecule has 59 heavy (non-hydrogen) atoms. The van der Waals surface area contributed by atoms with Crippen LogP contribution in [0.1, 0.15) is 102 Å². The van der Waals surface area contributed by atoms with Crippen molar-refractivity contribution >= 4 is 11.4 Å². The van der Waals surface area contributed by atoms with Crippen LogP contribution < -0.4 is 29.0 Å². The third-order valence-electron chi connectivity index (χ3n) is 11.9. The highest BCUT2D eigenvalue weighted by atomic mass is 16.5. The van der Waals surface area contributed by atoms with Crippen LogP contribution in [0.25, 0.3) is 0 Å². The first kappa shape index (κ1) is 42.6. The molecule has 2 saturated heterocycles. The average molecular weight is 805 g/mol. The minimum absolute atomic E-state index is 0.307. The van der Waals surface area contributed by atoms with Crippen molar-refractivity contribution in [3.63, 3.8) is 0 Å². The van der Waals surface area contributed by atoms with Gasteiger partial charge in [-0.2, -0.15) is 0 Å². The second-order valence-electron chi connectivity index (χ2n) is 17.2. The molecular weight excluding hydrogens is 737 g/mol. The van der Waals surface area contributed by atoms with Gasteiger partial charge in [0.1, 0.15) is 0 Å². The fourth-order valence-electron chi connectivity index (χ4n) is 9.03. The number of benzene rings is 2. The van der Waals surface area contributed by atoms with Crippen molar-refractivity contribution in [3.05, 3.63) is 95.6 Å². The molecule has 4 heterocycles. The first-order valence-electron chi connectivity index (χ1n) is 22.5. The van der Waals surface area contributed by atoms with Crippen LogP contribution in [0.2, 0.25) is 0 Å². The Balaban J connectivity index is 1.07. The first-order valence-corrected chi connectivity index (χ1v) is 22.5. The van der Waals surface area contributed by atoms with Crippen molar-refractivity contribution in [2.45, 2.75) is 124 Å². The number of ether oxygens (including phenoxy) is 4. The van der Waals surface area contributed by atoms with E-state index in [1.165, 1.54) is 35.3 Å². The van der Waals surface area contributed by atoms with E-state index >= 15 is 0 Å². The highest BCUT2D eigenvalue weighted by Gasteiger charge is 2.35. The number of hydrogen-bond acceptors (Lipinski definition) is 10. The van der Waals surface area contributed by atoms with Crippen LogP contribution in [-0.2, 0) is 13.1 Å². The molecule has 4 aromatic rings. The zero-order valence-corrected chi connectivity index (χ0v) is 36.6. The summed E-state index contributed by atoms with van der Waals surface area (Å²) >= 11 is 0. The molecule has 1 aliphatic carbocycles. The van der Waals surface area contributed by atoms with E-state index in [0.717, 1.165) is 112 Å². The minimum Gasteiger partial charge on any atom is -0.490 e. The molecule has 0 amide bonds. The van der Waals surface area contributed by atoms with Crippen molar-refractivity contribution < 1.29 is 18.9 Å². The third-order valence-corrected chi connectivity index (χ3v) is 11.9. The number of aryl methyl sites for hydroxylation is 2. The van der Waals surface area contributed by atoms with Gasteiger partial charge in [-0.1, -0.05) is 26.0 Å². The maximum atomic E-state index is 6.40. The van der Waals surface area contributed by atoms with Crippen LogP contribution in [0.3, 0.4) is 0 Å². The van der Waals surface area contributed by atoms with Gasteiger partial charge in [-0.05, 0) is 145 Å². The summed E-state index contributed by atoms with van der Waals surface area (Å²) in [6, 6.07) is 22.6. The summed E-state index contributed by atoms with van der Waals surface area (Å²) in [5, 5.41) is 5.26. The minimum atomic E-state index is 0.307. The summed E-state index contributed by atoms with van der Waals surface area (Å²) in [4.78, 5) is 14.4. The van der Waals surface area contributed by atoms with Gasteiger partial charge in [0.15, 0.2) is 23.0 Å². The highest BCUT2D eigenvalue weighted by molar-refractivity contribution is 5.60. The fraction of sp³-hybridized carbons (Fsp3) is 0.551. The predicted molar refractivity (Wildman–Crippen MR) is 238 cm³/mol. The monoisotopic (exact) mass is 805 g/mol. The zero-order valence-electron chi connectivity index (χ0n) is 36.6. The first-order chi connectivity index (χ1) is 28.8. The molecule has 2 aromatic heterocycles. The number of nitrogens with zero attached hydrogens (tertiary/aromatic N) is 6. The van der Waals surface area contributed by atoms with E-state index in [4.69, 9.17) is 18.9 Å². The molecule has 0 spiro atoms. The topological polar surface area (TPSA) is 75.7 Å². The van der Waals surface area contributed by atoms with Gasteiger partial charge in [0.2, 0.25) is 0 Å². The second kappa shape index (κ2) is 20.6. The quantitative estimate of drug-likeness (QED) is 0.0908. The van der Waals surface area contributed by atoms with E-state index < -0.39 is 0 Å². The molecule has 3 aliphatic rings. The van der Waals surface area contributed by atoms with Crippen molar-refractivity contribution in [2.75, 3.05) is 56.0 Å². The number of anilines is 2. The number of aromatic nitrogens is 2. The van der Waals surface area contributed by atoms with Crippen LogP contribution in [0.5, 0.6) is 23.0 Å². The summed E-state index contributed by atoms with van der Waals surface area (Å²) in [5.41, 5.74) is 7.00. The Morgan fingerprint density at radius 1 is 0.593 bits per heavy atom. The van der Waals surface area contributed by atoms with Crippen LogP contribution >= 0.6 is 0 Å². The smallest absolute Gasteiger partial charge is 0.161 e. The number of likely N-dealkylation sites (tertiary alicyclic amines) is 2. The molecule has 0 radical (unpaired) electrons. The van der Waals surface area contributed by atoms with Gasteiger partial charge in [-0.15, -0.1) is 0 Å². The Hall–Kier alpha value is -4.54. The van der Waals surface area contributed by atoms with Gasteiger partial charge in [-0.25, -0.2) is 0 Å². The standard InChI is InChI=1S/C49H68N6O4/c1-7-56-48-31-39(13-15-46(48)58-35-36(3)4)33-52-25-19-41(20-26-52)54(43-17-23-50-37(5)29-43)55(44-18-24-51-38(6)30-44)42-21-27-53(28-22-42)34-40-14-16-47(49(32-40)57-8-2)59-45-11-9-10-12-45/h13-18,23-24,29-32,36,41-42,45H,7-12,19-22,25-28,33-35H2,1-6H3. The van der Waals surface area contributed by atoms with Gasteiger partial charge >= 0.3 is 0 Å². The molecule has 10 heteroatoms. The van der Waals surface area contributed by atoms with E-state index in [-0.39, 0.29) is 0 Å². The SMILES string of the molecule is CCOc1cc(CN2CCC(N(c3ccnc(C)c3)N(c3ccnc(C)c3)C3CCN(Cc4ccc(OC5CCCC5)c(OCC)c4)CC3)CC2)ccc1OCC(C)C. The predicted octanol–water partition coefficient (Wildman–Crippen LogP) is 9.80. The van der Waals surface area contributed by atoms with Gasteiger partial charge in [0.05, 0.1) is 49.4 Å². The van der Waals surface area contributed by atoms with Crippen LogP contribution in [0, 0.1) is 19.8 Å². The number of pyridine rings is 2. The molecule has 318 valence electrons. The lowest BCUT2D eigenvalue weighted by Crippen LogP contribution is -2.59. The van der Waals surface area contributed by atoms with E-state index in [0.29, 0.717) is 43.9 Å². The van der Waals surface area contributed by atoms with Gasteiger partial charge < -0.3 is 18.9 Å². The molecule has 2 aliphatic heterocycles. The average Bonchev–Trinajstić information content (AvgIpc) is 3.75. The van der Waals surface area contributed by atoms with E-state index in [1.807, 2.05) is 19.3 Å². The summed E-state index contributed by atoms with van der Waals surface area (Å²) in [6.45, 7) is 20.4. The van der Waals surface area contributed by atoms with Crippen molar-refractivity contribution in [2.24, 2.45) is 5.92 Å². The van der Waals surface area contributed by atoms with Gasteiger partial charge in [0, 0.05) is 63.1 Å². The van der Waals surface area contributed by atoms with Crippen LogP contribution in [0.4, 0.5) is 11.4 Å². The number of hydrogen-bond donors (Lipinski definition) is 0. The molecule has 10 nitrogen and oxygen atoms in total. The third kappa shape index (κ3) is 11.4. The maximum Gasteiger partial charge on any atom is 0.161 e. The largest absolute Gasteiger partial charge is 0.490 e. The Bertz CT molecular complexity index is 1920. The van der Waals surface area contributed by atoms with Crippen molar-refractivity contribution in [1.82, 2.24) is 19.8 Å².